The van der Waals surface area contributed by atoms with Gasteiger partial charge in [-0.2, -0.15) is 0 Å². The lowest BCUT2D eigenvalue weighted by atomic mass is 9.90. The predicted molar refractivity (Wildman–Crippen MR) is 124 cm³/mol. The molecule has 2 amide bonds. The molecular weight excluding hydrogens is 392 g/mol. The Hall–Kier alpha value is -2.14. The number of aryl methyl sites for hydroxylation is 1. The molecule has 0 fully saturated rings. The maximum Gasteiger partial charge on any atom is 0.242 e. The molecule has 0 N–H and O–H groups in total. The van der Waals surface area contributed by atoms with Crippen molar-refractivity contribution in [3.05, 3.63) is 57.3 Å². The molecule has 0 saturated heterocycles. The van der Waals surface area contributed by atoms with Crippen LogP contribution in [-0.2, 0) is 16.0 Å². The lowest BCUT2D eigenvalue weighted by Crippen LogP contribution is -2.47. The molecule has 1 aliphatic heterocycles. The van der Waals surface area contributed by atoms with Gasteiger partial charge < -0.3 is 9.80 Å². The SMILES string of the molecule is CCCCCN(CC(=O)N1CCc2sccc2[C@@H]1c1ccccc1C)C(=O)CCC. The van der Waals surface area contributed by atoms with Crippen molar-refractivity contribution in [3.8, 4) is 0 Å². The maximum absolute atomic E-state index is 13.5. The molecule has 4 nitrogen and oxygen atoms in total. The molecule has 162 valence electrons. The summed E-state index contributed by atoms with van der Waals surface area (Å²) >= 11 is 1.78. The van der Waals surface area contributed by atoms with Crippen LogP contribution in [0.1, 0.15) is 73.6 Å². The largest absolute Gasteiger partial charge is 0.333 e. The van der Waals surface area contributed by atoms with Gasteiger partial charge in [-0.05, 0) is 54.3 Å². The van der Waals surface area contributed by atoms with E-state index in [2.05, 4.69) is 37.4 Å². The molecule has 1 atom stereocenters. The molecule has 0 spiro atoms. The fourth-order valence-corrected chi connectivity index (χ4v) is 5.19. The predicted octanol–water partition coefficient (Wildman–Crippen LogP) is 5.35. The third kappa shape index (κ3) is 5.12. The summed E-state index contributed by atoms with van der Waals surface area (Å²) in [5.74, 6) is 0.156. The zero-order valence-corrected chi connectivity index (χ0v) is 19.3. The summed E-state index contributed by atoms with van der Waals surface area (Å²) in [6, 6.07) is 10.4. The summed E-state index contributed by atoms with van der Waals surface area (Å²) in [6.07, 6.45) is 5.35. The third-order valence-corrected chi connectivity index (χ3v) is 6.94. The Labute approximate surface area is 184 Å². The molecule has 0 radical (unpaired) electrons. The number of fused-ring (bicyclic) bond motifs is 1. The first kappa shape index (κ1) is 22.5. The van der Waals surface area contributed by atoms with Crippen molar-refractivity contribution in [1.82, 2.24) is 9.80 Å². The Bertz CT molecular complexity index is 860. The van der Waals surface area contributed by atoms with Crippen molar-refractivity contribution in [2.24, 2.45) is 0 Å². The number of amides is 2. The lowest BCUT2D eigenvalue weighted by molar-refractivity contribution is -0.141. The highest BCUT2D eigenvalue weighted by atomic mass is 32.1. The van der Waals surface area contributed by atoms with Crippen LogP contribution in [-0.4, -0.2) is 41.2 Å². The molecule has 2 heterocycles. The normalized spacial score (nSPS) is 15.7. The Morgan fingerprint density at radius 1 is 1.10 bits per heavy atom. The summed E-state index contributed by atoms with van der Waals surface area (Å²) in [5, 5.41) is 2.13. The number of hydrogen-bond donors (Lipinski definition) is 0. The average Bonchev–Trinajstić information content (AvgIpc) is 3.22. The summed E-state index contributed by atoms with van der Waals surface area (Å²) in [4.78, 5) is 31.4. The van der Waals surface area contributed by atoms with Gasteiger partial charge in [0.05, 0.1) is 12.6 Å². The van der Waals surface area contributed by atoms with Crippen LogP contribution in [0.5, 0.6) is 0 Å². The monoisotopic (exact) mass is 426 g/mol. The van der Waals surface area contributed by atoms with E-state index >= 15 is 0 Å². The minimum absolute atomic E-state index is 0.0565. The molecule has 30 heavy (non-hydrogen) atoms. The highest BCUT2D eigenvalue weighted by Gasteiger charge is 2.34. The molecule has 0 unspecified atom stereocenters. The lowest BCUT2D eigenvalue weighted by Gasteiger charge is -2.38. The number of carbonyl (C=O) groups excluding carboxylic acids is 2. The van der Waals surface area contributed by atoms with Crippen LogP contribution in [0.15, 0.2) is 35.7 Å². The van der Waals surface area contributed by atoms with Crippen molar-refractivity contribution in [3.63, 3.8) is 0 Å². The highest BCUT2D eigenvalue weighted by molar-refractivity contribution is 7.10. The average molecular weight is 427 g/mol. The van der Waals surface area contributed by atoms with E-state index in [-0.39, 0.29) is 24.4 Å². The number of carbonyl (C=O) groups is 2. The zero-order valence-electron chi connectivity index (χ0n) is 18.5. The van der Waals surface area contributed by atoms with Crippen molar-refractivity contribution in [2.45, 2.75) is 65.3 Å². The smallest absolute Gasteiger partial charge is 0.242 e. The number of unbranched alkanes of at least 4 members (excludes halogenated alkanes) is 2. The molecule has 1 aromatic carbocycles. The van der Waals surface area contributed by atoms with Gasteiger partial charge in [-0.3, -0.25) is 9.59 Å². The van der Waals surface area contributed by atoms with Gasteiger partial charge in [-0.25, -0.2) is 0 Å². The summed E-state index contributed by atoms with van der Waals surface area (Å²) in [6.45, 7) is 7.84. The number of benzene rings is 1. The van der Waals surface area contributed by atoms with Crippen LogP contribution >= 0.6 is 11.3 Å². The number of rotatable bonds is 9. The molecule has 0 aliphatic carbocycles. The topological polar surface area (TPSA) is 40.6 Å². The fraction of sp³-hybridized carbons (Fsp3) is 0.520. The molecule has 0 bridgehead atoms. The van der Waals surface area contributed by atoms with Crippen LogP contribution in [0, 0.1) is 6.92 Å². The van der Waals surface area contributed by atoms with E-state index in [1.165, 1.54) is 21.6 Å². The standard InChI is InChI=1S/C25H34N2O2S/c1-4-6-9-15-26(23(28)10-5-2)18-24(29)27-16-13-22-21(14-17-30-22)25(27)20-12-8-7-11-19(20)3/h7-8,11-12,14,17,25H,4-6,9-10,13,15-16,18H2,1-3H3/t25-/m0/s1. The van der Waals surface area contributed by atoms with E-state index in [0.717, 1.165) is 32.1 Å². The molecule has 2 aromatic rings. The zero-order chi connectivity index (χ0) is 21.5. The van der Waals surface area contributed by atoms with E-state index < -0.39 is 0 Å². The first-order chi connectivity index (χ1) is 14.6. The molecular formula is C25H34N2O2S. The van der Waals surface area contributed by atoms with Gasteiger partial charge in [0.2, 0.25) is 11.8 Å². The second kappa shape index (κ2) is 10.8. The first-order valence-electron chi connectivity index (χ1n) is 11.3. The summed E-state index contributed by atoms with van der Waals surface area (Å²) in [5.41, 5.74) is 3.62. The van der Waals surface area contributed by atoms with Gasteiger partial charge in [0.25, 0.3) is 0 Å². The Morgan fingerprint density at radius 2 is 1.90 bits per heavy atom. The van der Waals surface area contributed by atoms with Crippen LogP contribution in [0.2, 0.25) is 0 Å². The van der Waals surface area contributed by atoms with Gasteiger partial charge in [0, 0.05) is 24.4 Å². The van der Waals surface area contributed by atoms with Crippen molar-refractivity contribution < 1.29 is 9.59 Å². The molecule has 3 rings (SSSR count). The van der Waals surface area contributed by atoms with Gasteiger partial charge in [0.1, 0.15) is 0 Å². The van der Waals surface area contributed by atoms with Gasteiger partial charge in [0.15, 0.2) is 0 Å². The summed E-state index contributed by atoms with van der Waals surface area (Å²) < 4.78 is 0. The third-order valence-electron chi connectivity index (χ3n) is 5.94. The van der Waals surface area contributed by atoms with Crippen LogP contribution in [0.4, 0.5) is 0 Å². The molecule has 1 aromatic heterocycles. The van der Waals surface area contributed by atoms with Crippen LogP contribution in [0.3, 0.4) is 0 Å². The Morgan fingerprint density at radius 3 is 2.63 bits per heavy atom. The van der Waals surface area contributed by atoms with Crippen molar-refractivity contribution in [1.29, 1.82) is 0 Å². The molecule has 5 heteroatoms. The van der Waals surface area contributed by atoms with Crippen LogP contribution < -0.4 is 0 Å². The number of thiophene rings is 1. The Kier molecular flexibility index (Phi) is 8.08. The van der Waals surface area contributed by atoms with E-state index in [9.17, 15) is 9.59 Å². The number of hydrogen-bond acceptors (Lipinski definition) is 3. The minimum Gasteiger partial charge on any atom is -0.333 e. The quantitative estimate of drug-likeness (QED) is 0.507. The second-order valence-electron chi connectivity index (χ2n) is 8.17. The van der Waals surface area contributed by atoms with Crippen molar-refractivity contribution >= 4 is 23.2 Å². The van der Waals surface area contributed by atoms with E-state index in [1.54, 1.807) is 16.2 Å². The molecule has 1 aliphatic rings. The molecule has 0 saturated carbocycles. The van der Waals surface area contributed by atoms with Crippen molar-refractivity contribution in [2.75, 3.05) is 19.6 Å². The maximum atomic E-state index is 13.5. The summed E-state index contributed by atoms with van der Waals surface area (Å²) in [7, 11) is 0. The van der Waals surface area contributed by atoms with Gasteiger partial charge in [-0.1, -0.05) is 51.0 Å². The number of nitrogens with zero attached hydrogens (tertiary/aromatic N) is 2. The second-order valence-corrected chi connectivity index (χ2v) is 9.17. The fourth-order valence-electron chi connectivity index (χ4n) is 4.28. The Balaban J connectivity index is 1.85. The van der Waals surface area contributed by atoms with E-state index in [0.29, 0.717) is 19.5 Å². The van der Waals surface area contributed by atoms with Crippen LogP contribution in [0.25, 0.3) is 0 Å². The highest BCUT2D eigenvalue weighted by Crippen LogP contribution is 2.39. The first-order valence-corrected chi connectivity index (χ1v) is 12.1. The minimum atomic E-state index is -0.0625. The van der Waals surface area contributed by atoms with E-state index in [1.807, 2.05) is 24.0 Å². The van der Waals surface area contributed by atoms with Gasteiger partial charge >= 0.3 is 0 Å². The van der Waals surface area contributed by atoms with Gasteiger partial charge in [-0.15, -0.1) is 11.3 Å². The van der Waals surface area contributed by atoms with E-state index in [4.69, 9.17) is 0 Å².